The number of amides is 1. The first-order chi connectivity index (χ1) is 10.7. The highest BCUT2D eigenvalue weighted by Gasteiger charge is 2.08. The van der Waals surface area contributed by atoms with Crippen LogP contribution in [0.15, 0.2) is 32.9 Å². The van der Waals surface area contributed by atoms with E-state index >= 15 is 0 Å². The average Bonchev–Trinajstić information content (AvgIpc) is 2.95. The largest absolute Gasteiger partial charge is 0.355 e. The van der Waals surface area contributed by atoms with Gasteiger partial charge in [0, 0.05) is 11.6 Å². The fourth-order valence-electron chi connectivity index (χ4n) is 1.61. The summed E-state index contributed by atoms with van der Waals surface area (Å²) in [6.45, 7) is 2.70. The molecule has 1 N–H and O–H groups in total. The summed E-state index contributed by atoms with van der Waals surface area (Å²) < 4.78 is 1.79. The highest BCUT2D eigenvalue weighted by Crippen LogP contribution is 2.28. The molecule has 0 radical (unpaired) electrons. The van der Waals surface area contributed by atoms with Crippen LogP contribution in [0.2, 0.25) is 5.02 Å². The lowest BCUT2D eigenvalue weighted by Crippen LogP contribution is -2.27. The maximum absolute atomic E-state index is 11.8. The molecule has 1 aromatic heterocycles. The molecule has 0 fully saturated rings. The summed E-state index contributed by atoms with van der Waals surface area (Å²) in [5, 5.41) is 11.8. The number of halogens is 1. The lowest BCUT2D eigenvalue weighted by molar-refractivity contribution is -0.118. The van der Waals surface area contributed by atoms with Crippen molar-refractivity contribution in [3.63, 3.8) is 0 Å². The molecule has 2 aromatic rings. The van der Waals surface area contributed by atoms with Crippen LogP contribution in [0.1, 0.15) is 12.5 Å². The summed E-state index contributed by atoms with van der Waals surface area (Å²) in [6.07, 6.45) is 0.795. The first-order valence-corrected chi connectivity index (χ1v) is 9.94. The van der Waals surface area contributed by atoms with Crippen molar-refractivity contribution < 1.29 is 4.79 Å². The number of rotatable bonds is 8. The normalized spacial score (nSPS) is 10.6. The molecule has 0 saturated carbocycles. The number of thioether (sulfide) groups is 2. The van der Waals surface area contributed by atoms with Crippen LogP contribution in [0.3, 0.4) is 0 Å². The van der Waals surface area contributed by atoms with Crippen LogP contribution in [0.25, 0.3) is 0 Å². The second kappa shape index (κ2) is 9.39. The third-order valence-electron chi connectivity index (χ3n) is 2.63. The van der Waals surface area contributed by atoms with Crippen molar-refractivity contribution in [2.75, 3.05) is 18.1 Å². The lowest BCUT2D eigenvalue weighted by Gasteiger charge is -2.04. The molecular formula is C14H16ClN3OS3. The summed E-state index contributed by atoms with van der Waals surface area (Å²) in [7, 11) is 0. The van der Waals surface area contributed by atoms with Crippen LogP contribution < -0.4 is 5.32 Å². The van der Waals surface area contributed by atoms with Crippen LogP contribution in [0, 0.1) is 0 Å². The maximum atomic E-state index is 11.8. The fraction of sp³-hybridized carbons (Fsp3) is 0.357. The highest BCUT2D eigenvalue weighted by molar-refractivity contribution is 8.03. The van der Waals surface area contributed by atoms with Crippen molar-refractivity contribution in [3.8, 4) is 0 Å². The Kier molecular flexibility index (Phi) is 7.51. The molecule has 1 amide bonds. The van der Waals surface area contributed by atoms with Gasteiger partial charge in [-0.1, -0.05) is 65.5 Å². The molecule has 4 nitrogen and oxygen atoms in total. The van der Waals surface area contributed by atoms with E-state index in [1.54, 1.807) is 11.8 Å². The molecule has 1 heterocycles. The third-order valence-corrected chi connectivity index (χ3v) is 5.96. The Hall–Kier alpha value is -0.760. The zero-order valence-electron chi connectivity index (χ0n) is 12.0. The van der Waals surface area contributed by atoms with E-state index in [1.165, 1.54) is 23.1 Å². The van der Waals surface area contributed by atoms with Gasteiger partial charge in [-0.15, -0.1) is 10.2 Å². The molecule has 8 heteroatoms. The van der Waals surface area contributed by atoms with Crippen LogP contribution in [-0.4, -0.2) is 34.2 Å². The Morgan fingerprint density at radius 3 is 2.59 bits per heavy atom. The Bertz CT molecular complexity index is 604. The summed E-state index contributed by atoms with van der Waals surface area (Å²) in [5.41, 5.74) is 1.16. The van der Waals surface area contributed by atoms with Crippen molar-refractivity contribution in [1.29, 1.82) is 0 Å². The van der Waals surface area contributed by atoms with E-state index in [4.69, 9.17) is 11.6 Å². The smallest absolute Gasteiger partial charge is 0.230 e. The Morgan fingerprint density at radius 2 is 1.91 bits per heavy atom. The Balaban J connectivity index is 1.66. The van der Waals surface area contributed by atoms with E-state index in [2.05, 4.69) is 22.4 Å². The highest BCUT2D eigenvalue weighted by atomic mass is 35.5. The zero-order chi connectivity index (χ0) is 15.8. The molecule has 0 spiro atoms. The predicted molar refractivity (Wildman–Crippen MR) is 95.2 cm³/mol. The molecule has 0 aliphatic heterocycles. The van der Waals surface area contributed by atoms with Gasteiger partial charge < -0.3 is 5.32 Å². The Morgan fingerprint density at radius 1 is 1.23 bits per heavy atom. The fourth-order valence-corrected chi connectivity index (χ4v) is 4.49. The number of benzene rings is 1. The minimum Gasteiger partial charge on any atom is -0.355 e. The second-order valence-electron chi connectivity index (χ2n) is 4.28. The minimum atomic E-state index is 0.0128. The van der Waals surface area contributed by atoms with E-state index in [0.717, 1.165) is 31.4 Å². The van der Waals surface area contributed by atoms with Gasteiger partial charge in [0.2, 0.25) is 5.91 Å². The van der Waals surface area contributed by atoms with Crippen LogP contribution >= 0.6 is 46.5 Å². The number of aromatic nitrogens is 2. The summed E-state index contributed by atoms with van der Waals surface area (Å²) >= 11 is 10.5. The summed E-state index contributed by atoms with van der Waals surface area (Å²) in [6, 6.07) is 7.65. The van der Waals surface area contributed by atoms with Gasteiger partial charge in [-0.3, -0.25) is 4.79 Å². The molecule has 0 unspecified atom stereocenters. The molecule has 0 bridgehead atoms. The van der Waals surface area contributed by atoms with Gasteiger partial charge in [-0.25, -0.2) is 0 Å². The van der Waals surface area contributed by atoms with Crippen LogP contribution in [0.5, 0.6) is 0 Å². The van der Waals surface area contributed by atoms with Crippen molar-refractivity contribution >= 4 is 52.4 Å². The SMILES string of the molecule is CCSc1nnc(SCC(=O)NCCc2ccc(Cl)cc2)s1. The van der Waals surface area contributed by atoms with E-state index in [1.807, 2.05) is 24.3 Å². The van der Waals surface area contributed by atoms with Gasteiger partial charge in [0.15, 0.2) is 8.68 Å². The van der Waals surface area contributed by atoms with Crippen LogP contribution in [-0.2, 0) is 11.2 Å². The molecule has 118 valence electrons. The number of carbonyl (C=O) groups excluding carboxylic acids is 1. The molecule has 0 aliphatic carbocycles. The summed E-state index contributed by atoms with van der Waals surface area (Å²) in [5.74, 6) is 1.36. The quantitative estimate of drug-likeness (QED) is 0.714. The van der Waals surface area contributed by atoms with Gasteiger partial charge in [-0.2, -0.15) is 0 Å². The van der Waals surface area contributed by atoms with Gasteiger partial charge in [-0.05, 0) is 29.9 Å². The number of hydrogen-bond acceptors (Lipinski definition) is 6. The maximum Gasteiger partial charge on any atom is 0.230 e. The topological polar surface area (TPSA) is 54.9 Å². The molecule has 0 saturated heterocycles. The summed E-state index contributed by atoms with van der Waals surface area (Å²) in [4.78, 5) is 11.8. The molecular weight excluding hydrogens is 358 g/mol. The molecule has 2 rings (SSSR count). The monoisotopic (exact) mass is 373 g/mol. The average molecular weight is 374 g/mol. The first-order valence-electron chi connectivity index (χ1n) is 6.77. The van der Waals surface area contributed by atoms with Crippen molar-refractivity contribution in [3.05, 3.63) is 34.9 Å². The Labute approximate surface area is 147 Å². The van der Waals surface area contributed by atoms with Gasteiger partial charge in [0.25, 0.3) is 0 Å². The first kappa shape index (κ1) is 17.6. The minimum absolute atomic E-state index is 0.0128. The third kappa shape index (κ3) is 6.16. The van der Waals surface area contributed by atoms with E-state index in [9.17, 15) is 4.79 Å². The van der Waals surface area contributed by atoms with Gasteiger partial charge in [0.05, 0.1) is 5.75 Å². The van der Waals surface area contributed by atoms with Crippen molar-refractivity contribution in [1.82, 2.24) is 15.5 Å². The van der Waals surface area contributed by atoms with Gasteiger partial charge >= 0.3 is 0 Å². The van der Waals surface area contributed by atoms with E-state index in [0.29, 0.717) is 12.3 Å². The van der Waals surface area contributed by atoms with Gasteiger partial charge in [0.1, 0.15) is 0 Å². The molecule has 0 atom stereocenters. The number of carbonyl (C=O) groups is 1. The van der Waals surface area contributed by atoms with E-state index in [-0.39, 0.29) is 5.91 Å². The number of nitrogens with one attached hydrogen (secondary N) is 1. The standard InChI is InChI=1S/C14H16ClN3OS3/c1-2-20-13-17-18-14(22-13)21-9-12(19)16-8-7-10-3-5-11(15)6-4-10/h3-6H,2,7-9H2,1H3,(H,16,19). The van der Waals surface area contributed by atoms with Crippen molar-refractivity contribution in [2.45, 2.75) is 22.0 Å². The number of hydrogen-bond donors (Lipinski definition) is 1. The molecule has 0 aliphatic rings. The lowest BCUT2D eigenvalue weighted by atomic mass is 10.1. The van der Waals surface area contributed by atoms with Crippen molar-refractivity contribution in [2.24, 2.45) is 0 Å². The molecule has 22 heavy (non-hydrogen) atoms. The second-order valence-corrected chi connectivity index (χ2v) is 8.43. The van der Waals surface area contributed by atoms with Crippen LogP contribution in [0.4, 0.5) is 0 Å². The van der Waals surface area contributed by atoms with E-state index < -0.39 is 0 Å². The number of nitrogens with zero attached hydrogens (tertiary/aromatic N) is 2. The molecule has 1 aromatic carbocycles. The zero-order valence-corrected chi connectivity index (χ0v) is 15.2. The predicted octanol–water partition coefficient (Wildman–Crippen LogP) is 3.75.